The van der Waals surface area contributed by atoms with E-state index in [2.05, 4.69) is 5.32 Å². The number of hydrogen-bond acceptors (Lipinski definition) is 4. The summed E-state index contributed by atoms with van der Waals surface area (Å²) >= 11 is 0. The van der Waals surface area contributed by atoms with Crippen molar-refractivity contribution < 1.29 is 22.4 Å². The number of aryl methyl sites for hydroxylation is 2. The molecule has 0 saturated heterocycles. The Bertz CT molecular complexity index is 1460. The number of nitrogens with zero attached hydrogens (tertiary/aromatic N) is 3. The molecule has 0 heterocycles. The molecule has 226 valence electrons. The van der Waals surface area contributed by atoms with Crippen LogP contribution in [0.3, 0.4) is 0 Å². The Balaban J connectivity index is 2.13. The predicted molar refractivity (Wildman–Crippen MR) is 165 cm³/mol. The second-order valence-corrected chi connectivity index (χ2v) is 12.8. The van der Waals surface area contributed by atoms with E-state index in [4.69, 9.17) is 0 Å². The number of hydrogen-bond donors (Lipinski definition) is 1. The van der Waals surface area contributed by atoms with Crippen molar-refractivity contribution in [2.24, 2.45) is 0 Å². The molecule has 0 saturated carbocycles. The lowest BCUT2D eigenvalue weighted by atomic mass is 10.0. The maximum Gasteiger partial charge on any atom is 0.304 e. The number of benzene rings is 3. The topological polar surface area (TPSA) is 90.0 Å². The number of rotatable bonds is 13. The average molecular weight is 597 g/mol. The molecule has 3 aromatic rings. The van der Waals surface area contributed by atoms with Gasteiger partial charge in [0.1, 0.15) is 18.4 Å². The van der Waals surface area contributed by atoms with E-state index >= 15 is 0 Å². The lowest BCUT2D eigenvalue weighted by molar-refractivity contribution is -0.140. The highest BCUT2D eigenvalue weighted by Gasteiger charge is 2.35. The summed E-state index contributed by atoms with van der Waals surface area (Å²) in [6.07, 6.45) is 0.900. The first-order chi connectivity index (χ1) is 19.8. The van der Waals surface area contributed by atoms with Crippen molar-refractivity contribution in [3.8, 4) is 0 Å². The van der Waals surface area contributed by atoms with Crippen molar-refractivity contribution in [3.05, 3.63) is 101 Å². The Morgan fingerprint density at radius 1 is 0.929 bits per heavy atom. The summed E-state index contributed by atoms with van der Waals surface area (Å²) in [7, 11) is -1.28. The van der Waals surface area contributed by atoms with Gasteiger partial charge in [-0.3, -0.25) is 9.59 Å². The van der Waals surface area contributed by atoms with E-state index < -0.39 is 34.5 Å². The van der Waals surface area contributed by atoms with Gasteiger partial charge in [-0.05, 0) is 67.6 Å². The number of carbonyl (C=O) groups excluding carboxylic acids is 2. The summed E-state index contributed by atoms with van der Waals surface area (Å²) in [5.41, 5.74) is 3.33. The third-order valence-electron chi connectivity index (χ3n) is 7.19. The fourth-order valence-electron chi connectivity index (χ4n) is 4.47. The lowest BCUT2D eigenvalue weighted by Gasteiger charge is -2.35. The molecule has 42 heavy (non-hydrogen) atoms. The van der Waals surface area contributed by atoms with Gasteiger partial charge in [0.05, 0.1) is 5.69 Å². The summed E-state index contributed by atoms with van der Waals surface area (Å²) < 4.78 is 43.1. The molecular weight excluding hydrogens is 555 g/mol. The van der Waals surface area contributed by atoms with Gasteiger partial charge in [-0.25, -0.2) is 8.70 Å². The molecule has 0 aliphatic carbocycles. The van der Waals surface area contributed by atoms with Crippen molar-refractivity contribution in [2.45, 2.75) is 59.2 Å². The standard InChI is InChI=1S/C32H41FN4O4S/c1-7-25(4)34-32(39)30(20-26-11-9-8-10-12-26)36(21-27-15-17-28(33)18-16-27)31(38)22-37(42(40,41)35(5)6)29-19-23(2)13-14-24(29)3/h8-19,25,30H,7,20-22H2,1-6H3,(H,34,39)/t25-,30-/m0/s1. The number of nitrogens with one attached hydrogen (secondary N) is 1. The fraction of sp³-hybridized carbons (Fsp3) is 0.375. The molecule has 0 unspecified atom stereocenters. The molecule has 2 atom stereocenters. The Labute approximate surface area is 249 Å². The van der Waals surface area contributed by atoms with Crippen LogP contribution in [0.2, 0.25) is 0 Å². The Hall–Kier alpha value is -3.76. The highest BCUT2D eigenvalue weighted by molar-refractivity contribution is 7.90. The molecule has 0 aliphatic rings. The summed E-state index contributed by atoms with van der Waals surface area (Å²) in [6, 6.07) is 19.4. The molecule has 3 rings (SSSR count). The Morgan fingerprint density at radius 2 is 1.57 bits per heavy atom. The van der Waals surface area contributed by atoms with Crippen molar-refractivity contribution in [3.63, 3.8) is 0 Å². The van der Waals surface area contributed by atoms with Gasteiger partial charge in [0, 0.05) is 33.1 Å². The van der Waals surface area contributed by atoms with E-state index in [1.165, 1.54) is 31.1 Å². The molecule has 3 aromatic carbocycles. The molecule has 0 fully saturated rings. The molecule has 1 N–H and O–H groups in total. The first-order valence-electron chi connectivity index (χ1n) is 14.0. The van der Waals surface area contributed by atoms with Crippen molar-refractivity contribution in [1.29, 1.82) is 0 Å². The quantitative estimate of drug-likeness (QED) is 0.312. The monoisotopic (exact) mass is 596 g/mol. The molecule has 0 bridgehead atoms. The number of amides is 2. The Morgan fingerprint density at radius 3 is 2.17 bits per heavy atom. The van der Waals surface area contributed by atoms with Gasteiger partial charge in [-0.2, -0.15) is 12.7 Å². The first-order valence-corrected chi connectivity index (χ1v) is 15.4. The first kappa shape index (κ1) is 32.8. The minimum Gasteiger partial charge on any atom is -0.352 e. The maximum atomic E-state index is 14.3. The third-order valence-corrected chi connectivity index (χ3v) is 9.00. The molecule has 0 radical (unpaired) electrons. The largest absolute Gasteiger partial charge is 0.352 e. The van der Waals surface area contributed by atoms with Gasteiger partial charge in [-0.1, -0.05) is 61.5 Å². The highest BCUT2D eigenvalue weighted by atomic mass is 32.2. The number of halogens is 1. The van der Waals surface area contributed by atoms with E-state index in [9.17, 15) is 22.4 Å². The molecule has 0 aliphatic heterocycles. The van der Waals surface area contributed by atoms with Crippen LogP contribution in [0.1, 0.15) is 42.5 Å². The van der Waals surface area contributed by atoms with E-state index in [1.54, 1.807) is 31.2 Å². The zero-order chi connectivity index (χ0) is 31.0. The predicted octanol–water partition coefficient (Wildman–Crippen LogP) is 4.61. The van der Waals surface area contributed by atoms with Crippen LogP contribution in [0.25, 0.3) is 0 Å². The van der Waals surface area contributed by atoms with Crippen LogP contribution in [0.4, 0.5) is 10.1 Å². The zero-order valence-electron chi connectivity index (χ0n) is 25.2. The van der Waals surface area contributed by atoms with Gasteiger partial charge in [-0.15, -0.1) is 0 Å². The molecule has 10 heteroatoms. The van der Waals surface area contributed by atoms with Crippen LogP contribution >= 0.6 is 0 Å². The van der Waals surface area contributed by atoms with Crippen LogP contribution in [0.15, 0.2) is 72.8 Å². The maximum absolute atomic E-state index is 14.3. The molecular formula is C32H41FN4O4S. The van der Waals surface area contributed by atoms with E-state index in [0.29, 0.717) is 23.2 Å². The molecule has 0 aromatic heterocycles. The van der Waals surface area contributed by atoms with E-state index in [-0.39, 0.29) is 24.9 Å². The van der Waals surface area contributed by atoms with E-state index in [0.717, 1.165) is 19.7 Å². The second-order valence-electron chi connectivity index (χ2n) is 10.8. The summed E-state index contributed by atoms with van der Waals surface area (Å²) in [4.78, 5) is 29.5. The van der Waals surface area contributed by atoms with Crippen LogP contribution in [0, 0.1) is 19.7 Å². The van der Waals surface area contributed by atoms with Gasteiger partial charge in [0.25, 0.3) is 0 Å². The van der Waals surface area contributed by atoms with Gasteiger partial charge < -0.3 is 10.2 Å². The van der Waals surface area contributed by atoms with Gasteiger partial charge in [0.2, 0.25) is 11.8 Å². The zero-order valence-corrected chi connectivity index (χ0v) is 26.0. The van der Waals surface area contributed by atoms with Crippen LogP contribution in [-0.2, 0) is 32.8 Å². The average Bonchev–Trinajstić information content (AvgIpc) is 2.96. The smallest absolute Gasteiger partial charge is 0.304 e. The van der Waals surface area contributed by atoms with Crippen molar-refractivity contribution >= 4 is 27.7 Å². The molecule has 8 nitrogen and oxygen atoms in total. The van der Waals surface area contributed by atoms with Crippen LogP contribution in [-0.4, -0.2) is 62.2 Å². The number of carbonyl (C=O) groups is 2. The fourth-order valence-corrected chi connectivity index (χ4v) is 5.58. The van der Waals surface area contributed by atoms with Crippen LogP contribution < -0.4 is 9.62 Å². The van der Waals surface area contributed by atoms with Crippen molar-refractivity contribution in [2.75, 3.05) is 24.9 Å². The molecule has 0 spiro atoms. The normalized spacial score (nSPS) is 13.0. The minimum absolute atomic E-state index is 0.0206. The summed E-state index contributed by atoms with van der Waals surface area (Å²) in [5.74, 6) is -1.34. The molecule has 2 amide bonds. The van der Waals surface area contributed by atoms with Crippen LogP contribution in [0.5, 0.6) is 0 Å². The van der Waals surface area contributed by atoms with Gasteiger partial charge in [0.15, 0.2) is 0 Å². The Kier molecular flexibility index (Phi) is 11.2. The SMILES string of the molecule is CC[C@H](C)NC(=O)[C@H](Cc1ccccc1)N(Cc1ccc(F)cc1)C(=O)CN(c1cc(C)ccc1C)S(=O)(=O)N(C)C. The summed E-state index contributed by atoms with van der Waals surface area (Å²) in [5, 5.41) is 3.00. The number of anilines is 1. The van der Waals surface area contributed by atoms with Gasteiger partial charge >= 0.3 is 10.2 Å². The second kappa shape index (κ2) is 14.4. The summed E-state index contributed by atoms with van der Waals surface area (Å²) in [6.45, 7) is 6.91. The van der Waals surface area contributed by atoms with E-state index in [1.807, 2.05) is 57.2 Å². The lowest BCUT2D eigenvalue weighted by Crippen LogP contribution is -2.55. The van der Waals surface area contributed by atoms with Crippen molar-refractivity contribution in [1.82, 2.24) is 14.5 Å². The highest BCUT2D eigenvalue weighted by Crippen LogP contribution is 2.26. The minimum atomic E-state index is -4.10. The third kappa shape index (κ3) is 8.39.